The standard InChI is InChI=1S/C13H18N6OS/c1-20-9-11-16-10(14)8-12(17-11)18-3-5-19(6-4-18)13-15-2-7-21-13/h2,7-8H,3-6,9H2,1H3,(H2,14,16,17). The maximum absolute atomic E-state index is 5.85. The molecule has 112 valence electrons. The van der Waals surface area contributed by atoms with Crippen LogP contribution in [-0.2, 0) is 11.3 Å². The Morgan fingerprint density at radius 3 is 2.67 bits per heavy atom. The van der Waals surface area contributed by atoms with E-state index < -0.39 is 0 Å². The number of anilines is 3. The molecule has 0 atom stereocenters. The molecule has 0 radical (unpaired) electrons. The van der Waals surface area contributed by atoms with Crippen LogP contribution < -0.4 is 15.5 Å². The van der Waals surface area contributed by atoms with E-state index in [1.165, 1.54) is 0 Å². The van der Waals surface area contributed by atoms with E-state index in [2.05, 4.69) is 24.8 Å². The van der Waals surface area contributed by atoms with Crippen molar-refractivity contribution in [3.8, 4) is 0 Å². The first-order valence-corrected chi connectivity index (χ1v) is 7.66. The minimum atomic E-state index is 0.372. The zero-order chi connectivity index (χ0) is 14.7. The maximum atomic E-state index is 5.85. The molecule has 3 rings (SSSR count). The van der Waals surface area contributed by atoms with Gasteiger partial charge in [-0.15, -0.1) is 11.3 Å². The Kier molecular flexibility index (Phi) is 4.16. The van der Waals surface area contributed by atoms with Gasteiger partial charge in [-0.3, -0.25) is 0 Å². The largest absolute Gasteiger partial charge is 0.384 e. The summed E-state index contributed by atoms with van der Waals surface area (Å²) in [6, 6.07) is 1.82. The maximum Gasteiger partial charge on any atom is 0.185 e. The average molecular weight is 306 g/mol. The highest BCUT2D eigenvalue weighted by molar-refractivity contribution is 7.13. The molecule has 8 heteroatoms. The normalized spacial score (nSPS) is 15.5. The molecule has 2 N–H and O–H groups in total. The second-order valence-electron chi connectivity index (χ2n) is 4.79. The van der Waals surface area contributed by atoms with Gasteiger partial charge in [0.1, 0.15) is 18.2 Å². The fraction of sp³-hybridized carbons (Fsp3) is 0.462. The summed E-state index contributed by atoms with van der Waals surface area (Å²) in [5.74, 6) is 1.97. The minimum Gasteiger partial charge on any atom is -0.384 e. The number of hydrogen-bond donors (Lipinski definition) is 1. The minimum absolute atomic E-state index is 0.372. The quantitative estimate of drug-likeness (QED) is 0.902. The SMILES string of the molecule is COCc1nc(N)cc(N2CCN(c3nccs3)CC2)n1. The Labute approximate surface area is 127 Å². The van der Waals surface area contributed by atoms with E-state index in [1.54, 1.807) is 18.4 Å². The molecule has 1 saturated heterocycles. The second-order valence-corrected chi connectivity index (χ2v) is 5.66. The summed E-state index contributed by atoms with van der Waals surface area (Å²) in [6.45, 7) is 4.01. The molecule has 0 aliphatic carbocycles. The lowest BCUT2D eigenvalue weighted by Gasteiger charge is -2.35. The first-order valence-electron chi connectivity index (χ1n) is 6.78. The summed E-state index contributed by atoms with van der Waals surface area (Å²) in [4.78, 5) is 17.6. The topological polar surface area (TPSA) is 80.4 Å². The van der Waals surface area contributed by atoms with Crippen molar-refractivity contribution in [2.75, 3.05) is 48.8 Å². The van der Waals surface area contributed by atoms with Gasteiger partial charge in [0.15, 0.2) is 11.0 Å². The molecule has 1 fully saturated rings. The van der Waals surface area contributed by atoms with Gasteiger partial charge in [0.25, 0.3) is 0 Å². The third kappa shape index (κ3) is 3.22. The highest BCUT2D eigenvalue weighted by Crippen LogP contribution is 2.21. The van der Waals surface area contributed by atoms with Gasteiger partial charge < -0.3 is 20.3 Å². The molecule has 21 heavy (non-hydrogen) atoms. The number of hydrogen-bond acceptors (Lipinski definition) is 8. The highest BCUT2D eigenvalue weighted by Gasteiger charge is 2.20. The number of piperazine rings is 1. The van der Waals surface area contributed by atoms with Crippen LogP contribution in [0.5, 0.6) is 0 Å². The third-order valence-electron chi connectivity index (χ3n) is 3.35. The number of thiazole rings is 1. The summed E-state index contributed by atoms with van der Waals surface area (Å²) in [6.07, 6.45) is 1.84. The molecular weight excluding hydrogens is 288 g/mol. The van der Waals surface area contributed by atoms with E-state index in [-0.39, 0.29) is 0 Å². The van der Waals surface area contributed by atoms with Crippen molar-refractivity contribution in [2.24, 2.45) is 0 Å². The summed E-state index contributed by atoms with van der Waals surface area (Å²) >= 11 is 1.67. The predicted octanol–water partition coefficient (Wildman–Crippen LogP) is 0.988. The van der Waals surface area contributed by atoms with Gasteiger partial charge in [0.05, 0.1) is 0 Å². The molecule has 2 aromatic rings. The van der Waals surface area contributed by atoms with Gasteiger partial charge in [-0.05, 0) is 0 Å². The molecule has 2 aromatic heterocycles. The van der Waals surface area contributed by atoms with Crippen LogP contribution in [0.3, 0.4) is 0 Å². The number of methoxy groups -OCH3 is 1. The van der Waals surface area contributed by atoms with Crippen molar-refractivity contribution < 1.29 is 4.74 Å². The van der Waals surface area contributed by atoms with Gasteiger partial charge in [0.2, 0.25) is 0 Å². The van der Waals surface area contributed by atoms with Crippen LogP contribution in [0.25, 0.3) is 0 Å². The molecule has 0 spiro atoms. The van der Waals surface area contributed by atoms with Gasteiger partial charge in [0, 0.05) is 50.9 Å². The number of ether oxygens (including phenoxy) is 1. The van der Waals surface area contributed by atoms with Crippen LogP contribution in [0.15, 0.2) is 17.6 Å². The number of rotatable bonds is 4. The molecule has 0 aromatic carbocycles. The van der Waals surface area contributed by atoms with Crippen molar-refractivity contribution in [2.45, 2.75) is 6.61 Å². The molecule has 7 nitrogen and oxygen atoms in total. The van der Waals surface area contributed by atoms with E-state index in [4.69, 9.17) is 10.5 Å². The van der Waals surface area contributed by atoms with Crippen molar-refractivity contribution in [1.82, 2.24) is 15.0 Å². The summed E-state index contributed by atoms with van der Waals surface area (Å²) in [5.41, 5.74) is 5.85. The van der Waals surface area contributed by atoms with Gasteiger partial charge in [-0.1, -0.05) is 0 Å². The Morgan fingerprint density at radius 1 is 1.24 bits per heavy atom. The zero-order valence-corrected chi connectivity index (χ0v) is 12.7. The first kappa shape index (κ1) is 14.0. The molecular formula is C13H18N6OS. The summed E-state index contributed by atoms with van der Waals surface area (Å²) in [7, 11) is 1.62. The number of nitrogens with zero attached hydrogens (tertiary/aromatic N) is 5. The van der Waals surface area contributed by atoms with Gasteiger partial charge in [-0.2, -0.15) is 0 Å². The molecule has 0 bridgehead atoms. The van der Waals surface area contributed by atoms with Gasteiger partial charge >= 0.3 is 0 Å². The van der Waals surface area contributed by atoms with Crippen molar-refractivity contribution in [3.05, 3.63) is 23.5 Å². The molecule has 0 amide bonds. The van der Waals surface area contributed by atoms with Crippen LogP contribution >= 0.6 is 11.3 Å². The fourth-order valence-corrected chi connectivity index (χ4v) is 3.05. The Bertz CT molecular complexity index is 582. The van der Waals surface area contributed by atoms with Crippen molar-refractivity contribution in [1.29, 1.82) is 0 Å². The zero-order valence-electron chi connectivity index (χ0n) is 11.9. The van der Waals surface area contributed by atoms with Crippen LogP contribution in [0.2, 0.25) is 0 Å². The molecule has 0 saturated carbocycles. The van der Waals surface area contributed by atoms with E-state index in [1.807, 2.05) is 17.6 Å². The van der Waals surface area contributed by atoms with Crippen molar-refractivity contribution >= 4 is 28.1 Å². The summed E-state index contributed by atoms with van der Waals surface area (Å²) < 4.78 is 5.08. The van der Waals surface area contributed by atoms with Crippen LogP contribution in [0, 0.1) is 0 Å². The van der Waals surface area contributed by atoms with Crippen LogP contribution in [-0.4, -0.2) is 48.2 Å². The molecule has 3 heterocycles. The van der Waals surface area contributed by atoms with Crippen LogP contribution in [0.4, 0.5) is 16.8 Å². The lowest BCUT2D eigenvalue weighted by Crippen LogP contribution is -2.46. The Hall–Kier alpha value is -1.93. The van der Waals surface area contributed by atoms with E-state index >= 15 is 0 Å². The monoisotopic (exact) mass is 306 g/mol. The van der Waals surface area contributed by atoms with Crippen LogP contribution in [0.1, 0.15) is 5.82 Å². The predicted molar refractivity (Wildman–Crippen MR) is 83.7 cm³/mol. The molecule has 0 unspecified atom stereocenters. The highest BCUT2D eigenvalue weighted by atomic mass is 32.1. The van der Waals surface area contributed by atoms with E-state index in [0.29, 0.717) is 18.2 Å². The number of nitrogen functional groups attached to an aromatic ring is 1. The fourth-order valence-electron chi connectivity index (χ4n) is 2.36. The lowest BCUT2D eigenvalue weighted by atomic mass is 10.3. The lowest BCUT2D eigenvalue weighted by molar-refractivity contribution is 0.178. The third-order valence-corrected chi connectivity index (χ3v) is 4.18. The van der Waals surface area contributed by atoms with E-state index in [0.717, 1.165) is 37.1 Å². The Morgan fingerprint density at radius 2 is 2.00 bits per heavy atom. The number of nitrogens with two attached hydrogens (primary N) is 1. The average Bonchev–Trinajstić information content (AvgIpc) is 3.01. The second kappa shape index (κ2) is 6.23. The molecule has 1 aliphatic rings. The van der Waals surface area contributed by atoms with Gasteiger partial charge in [-0.25, -0.2) is 15.0 Å². The molecule has 1 aliphatic heterocycles. The number of aromatic nitrogens is 3. The van der Waals surface area contributed by atoms with E-state index in [9.17, 15) is 0 Å². The van der Waals surface area contributed by atoms with Crippen molar-refractivity contribution in [3.63, 3.8) is 0 Å². The smallest absolute Gasteiger partial charge is 0.185 e. The first-order chi connectivity index (χ1) is 10.3. The Balaban J connectivity index is 1.69. The summed E-state index contributed by atoms with van der Waals surface area (Å²) in [5, 5.41) is 3.08.